The van der Waals surface area contributed by atoms with Crippen molar-refractivity contribution in [1.29, 1.82) is 0 Å². The van der Waals surface area contributed by atoms with Gasteiger partial charge in [-0.05, 0) is 42.8 Å². The average Bonchev–Trinajstić information content (AvgIpc) is 2.42. The molecule has 106 valence electrons. The van der Waals surface area contributed by atoms with Gasteiger partial charge in [0.15, 0.2) is 11.6 Å². The van der Waals surface area contributed by atoms with E-state index in [4.69, 9.17) is 5.73 Å². The summed E-state index contributed by atoms with van der Waals surface area (Å²) >= 11 is 0. The van der Waals surface area contributed by atoms with Crippen LogP contribution in [0.5, 0.6) is 0 Å². The van der Waals surface area contributed by atoms with E-state index in [9.17, 15) is 8.78 Å². The Labute approximate surface area is 116 Å². The van der Waals surface area contributed by atoms with E-state index < -0.39 is 11.6 Å². The van der Waals surface area contributed by atoms with Crippen LogP contribution in [0.4, 0.5) is 14.6 Å². The molecule has 20 heavy (non-hydrogen) atoms. The maximum absolute atomic E-state index is 13.4. The number of hydrogen-bond acceptors (Lipinski definition) is 3. The molecule has 2 aromatic rings. The van der Waals surface area contributed by atoms with E-state index in [0.717, 1.165) is 17.2 Å². The van der Waals surface area contributed by atoms with Crippen LogP contribution >= 0.6 is 0 Å². The van der Waals surface area contributed by atoms with Gasteiger partial charge in [-0.3, -0.25) is 0 Å². The fourth-order valence-electron chi connectivity index (χ4n) is 2.14. The Morgan fingerprint density at radius 1 is 1.25 bits per heavy atom. The smallest absolute Gasteiger partial charge is 0.159 e. The van der Waals surface area contributed by atoms with Crippen LogP contribution in [0.3, 0.4) is 0 Å². The van der Waals surface area contributed by atoms with Crippen molar-refractivity contribution in [2.75, 3.05) is 12.3 Å². The fraction of sp³-hybridized carbons (Fsp3) is 0.267. The topological polar surface area (TPSA) is 50.9 Å². The summed E-state index contributed by atoms with van der Waals surface area (Å²) in [6.07, 6.45) is 1.67. The summed E-state index contributed by atoms with van der Waals surface area (Å²) in [6.45, 7) is 4.51. The van der Waals surface area contributed by atoms with E-state index >= 15 is 0 Å². The lowest BCUT2D eigenvalue weighted by Crippen LogP contribution is -2.23. The molecule has 0 amide bonds. The van der Waals surface area contributed by atoms with E-state index in [1.54, 1.807) is 12.3 Å². The van der Waals surface area contributed by atoms with Crippen molar-refractivity contribution in [3.05, 3.63) is 58.8 Å². The van der Waals surface area contributed by atoms with Gasteiger partial charge in [0.2, 0.25) is 0 Å². The summed E-state index contributed by atoms with van der Waals surface area (Å²) in [5, 5.41) is 3.22. The zero-order chi connectivity index (χ0) is 14.7. The maximum atomic E-state index is 13.4. The normalized spacial score (nSPS) is 12.4. The van der Waals surface area contributed by atoms with Crippen molar-refractivity contribution < 1.29 is 8.78 Å². The molecule has 1 unspecified atom stereocenters. The molecule has 0 saturated heterocycles. The highest BCUT2D eigenvalue weighted by Crippen LogP contribution is 2.27. The lowest BCUT2D eigenvalue weighted by atomic mass is 9.98. The summed E-state index contributed by atoms with van der Waals surface area (Å²) in [7, 11) is 0. The largest absolute Gasteiger partial charge is 0.383 e. The summed E-state index contributed by atoms with van der Waals surface area (Å²) in [6, 6.07) is 5.44. The standard InChI is InChI=1S/C15H17F2N3/c1-3-19-14(10-4-5-12(16)13(17)7-10)11-6-9(2)8-20-15(11)18/h4-8,14,19H,3H2,1-2H3,(H2,18,20). The number of anilines is 1. The van der Waals surface area contributed by atoms with Crippen LogP contribution in [0.15, 0.2) is 30.5 Å². The Kier molecular flexibility index (Phi) is 4.29. The average molecular weight is 277 g/mol. The molecule has 3 N–H and O–H groups in total. The Bertz CT molecular complexity index is 614. The zero-order valence-corrected chi connectivity index (χ0v) is 11.5. The molecule has 0 saturated carbocycles. The lowest BCUT2D eigenvalue weighted by Gasteiger charge is -2.20. The number of nitrogens with two attached hydrogens (primary N) is 1. The van der Waals surface area contributed by atoms with Crippen molar-refractivity contribution in [3.8, 4) is 0 Å². The molecule has 0 spiro atoms. The molecule has 1 aromatic carbocycles. The molecule has 0 bridgehead atoms. The number of benzene rings is 1. The van der Waals surface area contributed by atoms with Gasteiger partial charge in [0.25, 0.3) is 0 Å². The maximum Gasteiger partial charge on any atom is 0.159 e. The first-order valence-corrected chi connectivity index (χ1v) is 6.43. The van der Waals surface area contributed by atoms with Crippen LogP contribution in [0.2, 0.25) is 0 Å². The molecule has 2 rings (SSSR count). The highest BCUT2D eigenvalue weighted by atomic mass is 19.2. The summed E-state index contributed by atoms with van der Waals surface area (Å²) < 4.78 is 26.5. The molecular formula is C15H17F2N3. The van der Waals surface area contributed by atoms with Crippen molar-refractivity contribution in [2.24, 2.45) is 0 Å². The summed E-state index contributed by atoms with van der Waals surface area (Å²) in [5.41, 5.74) is 8.24. The number of nitrogens with zero attached hydrogens (tertiary/aromatic N) is 1. The molecule has 5 heteroatoms. The number of rotatable bonds is 4. The van der Waals surface area contributed by atoms with E-state index in [0.29, 0.717) is 17.9 Å². The van der Waals surface area contributed by atoms with Gasteiger partial charge >= 0.3 is 0 Å². The molecule has 3 nitrogen and oxygen atoms in total. The minimum Gasteiger partial charge on any atom is -0.383 e. The third-order valence-corrected chi connectivity index (χ3v) is 3.08. The van der Waals surface area contributed by atoms with Crippen LogP contribution < -0.4 is 11.1 Å². The Morgan fingerprint density at radius 3 is 2.65 bits per heavy atom. The van der Waals surface area contributed by atoms with Crippen LogP contribution in [0, 0.1) is 18.6 Å². The van der Waals surface area contributed by atoms with Gasteiger partial charge in [0.1, 0.15) is 5.82 Å². The second-order valence-electron chi connectivity index (χ2n) is 4.65. The fourth-order valence-corrected chi connectivity index (χ4v) is 2.14. The minimum absolute atomic E-state index is 0.317. The second kappa shape index (κ2) is 5.96. The number of aromatic nitrogens is 1. The molecule has 1 heterocycles. The monoisotopic (exact) mass is 277 g/mol. The van der Waals surface area contributed by atoms with Gasteiger partial charge in [-0.15, -0.1) is 0 Å². The second-order valence-corrected chi connectivity index (χ2v) is 4.65. The van der Waals surface area contributed by atoms with E-state index in [1.807, 2.05) is 19.9 Å². The van der Waals surface area contributed by atoms with Gasteiger partial charge in [-0.1, -0.05) is 13.0 Å². The van der Waals surface area contributed by atoms with Crippen molar-refractivity contribution in [1.82, 2.24) is 10.3 Å². The van der Waals surface area contributed by atoms with Gasteiger partial charge in [-0.25, -0.2) is 13.8 Å². The molecule has 1 atom stereocenters. The van der Waals surface area contributed by atoms with E-state index in [1.165, 1.54) is 6.07 Å². The van der Waals surface area contributed by atoms with E-state index in [-0.39, 0.29) is 6.04 Å². The summed E-state index contributed by atoms with van der Waals surface area (Å²) in [4.78, 5) is 4.12. The molecule has 0 radical (unpaired) electrons. The number of halogens is 2. The number of nitrogens with one attached hydrogen (secondary N) is 1. The highest BCUT2D eigenvalue weighted by Gasteiger charge is 2.18. The minimum atomic E-state index is -0.871. The number of aryl methyl sites for hydroxylation is 1. The van der Waals surface area contributed by atoms with Crippen molar-refractivity contribution in [2.45, 2.75) is 19.9 Å². The van der Waals surface area contributed by atoms with E-state index in [2.05, 4.69) is 10.3 Å². The zero-order valence-electron chi connectivity index (χ0n) is 11.5. The number of nitrogen functional groups attached to an aromatic ring is 1. The van der Waals surface area contributed by atoms with Crippen LogP contribution in [-0.4, -0.2) is 11.5 Å². The molecule has 0 fully saturated rings. The van der Waals surface area contributed by atoms with Gasteiger partial charge < -0.3 is 11.1 Å². The molecule has 0 aliphatic carbocycles. The predicted octanol–water partition coefficient (Wildman–Crippen LogP) is 2.95. The quantitative estimate of drug-likeness (QED) is 0.903. The predicted molar refractivity (Wildman–Crippen MR) is 75.3 cm³/mol. The molecule has 0 aliphatic heterocycles. The molecule has 0 aliphatic rings. The SMILES string of the molecule is CCNC(c1ccc(F)c(F)c1)c1cc(C)cnc1N. The van der Waals surface area contributed by atoms with Crippen LogP contribution in [0.25, 0.3) is 0 Å². The van der Waals surface area contributed by atoms with Crippen molar-refractivity contribution in [3.63, 3.8) is 0 Å². The molecule has 1 aromatic heterocycles. The first-order chi connectivity index (χ1) is 9.52. The third kappa shape index (κ3) is 2.93. The third-order valence-electron chi connectivity index (χ3n) is 3.08. The summed E-state index contributed by atoms with van der Waals surface area (Å²) in [5.74, 6) is -1.35. The van der Waals surface area contributed by atoms with Gasteiger partial charge in [0, 0.05) is 11.8 Å². The van der Waals surface area contributed by atoms with Crippen LogP contribution in [-0.2, 0) is 0 Å². The number of pyridine rings is 1. The van der Waals surface area contributed by atoms with Gasteiger partial charge in [0.05, 0.1) is 6.04 Å². The Morgan fingerprint density at radius 2 is 2.00 bits per heavy atom. The lowest BCUT2D eigenvalue weighted by molar-refractivity contribution is 0.504. The highest BCUT2D eigenvalue weighted by molar-refractivity contribution is 5.47. The number of hydrogen-bond donors (Lipinski definition) is 2. The Hall–Kier alpha value is -2.01. The first kappa shape index (κ1) is 14.4. The first-order valence-electron chi connectivity index (χ1n) is 6.43. The molecular weight excluding hydrogens is 260 g/mol. The Balaban J connectivity index is 2.49. The van der Waals surface area contributed by atoms with Crippen molar-refractivity contribution >= 4 is 5.82 Å². The van der Waals surface area contributed by atoms with Crippen LogP contribution in [0.1, 0.15) is 29.7 Å². The van der Waals surface area contributed by atoms with Gasteiger partial charge in [-0.2, -0.15) is 0 Å².